The van der Waals surface area contributed by atoms with Gasteiger partial charge in [0.15, 0.2) is 0 Å². The summed E-state index contributed by atoms with van der Waals surface area (Å²) in [6.45, 7) is 8.31. The second-order valence-electron chi connectivity index (χ2n) is 5.21. The fourth-order valence-corrected chi connectivity index (χ4v) is 2.17. The second kappa shape index (κ2) is 4.19. The highest BCUT2D eigenvalue weighted by Crippen LogP contribution is 2.31. The van der Waals surface area contributed by atoms with E-state index in [2.05, 4.69) is 38.0 Å². The molecule has 0 saturated heterocycles. The van der Waals surface area contributed by atoms with E-state index in [1.807, 2.05) is 29.8 Å². The molecule has 0 unspecified atom stereocenters. The van der Waals surface area contributed by atoms with Crippen LogP contribution in [-0.4, -0.2) is 9.78 Å². The maximum atomic E-state index is 6.35. The van der Waals surface area contributed by atoms with Gasteiger partial charge in [-0.05, 0) is 27.7 Å². The number of benzene rings is 1. The molecule has 1 aromatic carbocycles. The Morgan fingerprint density at radius 3 is 2.18 bits per heavy atom. The summed E-state index contributed by atoms with van der Waals surface area (Å²) in [5.41, 5.74) is 3.00. The highest BCUT2D eigenvalue weighted by molar-refractivity contribution is 6.30. The molecule has 0 spiro atoms. The van der Waals surface area contributed by atoms with Gasteiger partial charge in [-0.3, -0.25) is 0 Å². The lowest BCUT2D eigenvalue weighted by atomic mass is 10.1. The van der Waals surface area contributed by atoms with Gasteiger partial charge in [-0.15, -0.1) is 0 Å². The first kappa shape index (κ1) is 12.2. The summed E-state index contributed by atoms with van der Waals surface area (Å²) in [6.07, 6.45) is 0. The van der Waals surface area contributed by atoms with Crippen LogP contribution in [0.4, 0.5) is 0 Å². The van der Waals surface area contributed by atoms with Crippen LogP contribution in [0.25, 0.3) is 11.3 Å². The van der Waals surface area contributed by atoms with Gasteiger partial charge in [-0.25, -0.2) is 4.68 Å². The fraction of sp³-hybridized carbons (Fsp3) is 0.357. The van der Waals surface area contributed by atoms with Gasteiger partial charge in [-0.1, -0.05) is 41.9 Å². The third kappa shape index (κ3) is 2.22. The van der Waals surface area contributed by atoms with Gasteiger partial charge in [0.25, 0.3) is 0 Å². The van der Waals surface area contributed by atoms with Crippen LogP contribution >= 0.6 is 11.6 Å². The molecule has 2 aromatic rings. The van der Waals surface area contributed by atoms with Crippen LogP contribution < -0.4 is 0 Å². The topological polar surface area (TPSA) is 17.8 Å². The molecule has 0 aliphatic heterocycles. The van der Waals surface area contributed by atoms with Crippen LogP contribution in [0.5, 0.6) is 0 Å². The Bertz CT molecular complexity index is 521. The van der Waals surface area contributed by atoms with Crippen molar-refractivity contribution in [2.24, 2.45) is 0 Å². The van der Waals surface area contributed by atoms with E-state index in [-0.39, 0.29) is 5.54 Å². The zero-order valence-electron chi connectivity index (χ0n) is 10.7. The van der Waals surface area contributed by atoms with E-state index >= 15 is 0 Å². The molecule has 3 heteroatoms. The molecule has 2 nitrogen and oxygen atoms in total. The van der Waals surface area contributed by atoms with Crippen LogP contribution in [0.15, 0.2) is 30.3 Å². The monoisotopic (exact) mass is 248 g/mol. The SMILES string of the molecule is Cc1c(-c2ccccc2)nn(C(C)(C)C)c1Cl. The van der Waals surface area contributed by atoms with E-state index in [1.54, 1.807) is 0 Å². The summed E-state index contributed by atoms with van der Waals surface area (Å²) >= 11 is 6.35. The third-order valence-corrected chi connectivity index (χ3v) is 3.18. The lowest BCUT2D eigenvalue weighted by molar-refractivity contribution is 0.357. The van der Waals surface area contributed by atoms with Gasteiger partial charge in [0.05, 0.1) is 11.2 Å². The third-order valence-electron chi connectivity index (χ3n) is 2.73. The highest BCUT2D eigenvalue weighted by atomic mass is 35.5. The molecule has 0 atom stereocenters. The minimum Gasteiger partial charge on any atom is -0.248 e. The van der Waals surface area contributed by atoms with E-state index in [4.69, 9.17) is 11.6 Å². The van der Waals surface area contributed by atoms with Gasteiger partial charge in [-0.2, -0.15) is 5.10 Å². The molecule has 0 N–H and O–H groups in total. The zero-order valence-corrected chi connectivity index (χ0v) is 11.4. The van der Waals surface area contributed by atoms with Crippen molar-refractivity contribution in [3.8, 4) is 11.3 Å². The van der Waals surface area contributed by atoms with Crippen LogP contribution in [0.3, 0.4) is 0 Å². The van der Waals surface area contributed by atoms with Crippen molar-refractivity contribution in [3.63, 3.8) is 0 Å². The molecule has 0 aliphatic rings. The van der Waals surface area contributed by atoms with Gasteiger partial charge < -0.3 is 0 Å². The van der Waals surface area contributed by atoms with Crippen LogP contribution in [0, 0.1) is 6.92 Å². The largest absolute Gasteiger partial charge is 0.248 e. The average molecular weight is 249 g/mol. The lowest BCUT2D eigenvalue weighted by Gasteiger charge is -2.20. The molecule has 17 heavy (non-hydrogen) atoms. The van der Waals surface area contributed by atoms with Gasteiger partial charge in [0.1, 0.15) is 5.15 Å². The predicted molar refractivity (Wildman–Crippen MR) is 72.4 cm³/mol. The summed E-state index contributed by atoms with van der Waals surface area (Å²) in [7, 11) is 0. The highest BCUT2D eigenvalue weighted by Gasteiger charge is 2.22. The Morgan fingerprint density at radius 1 is 1.12 bits per heavy atom. The van der Waals surface area contributed by atoms with Crippen molar-refractivity contribution < 1.29 is 0 Å². The minimum atomic E-state index is -0.102. The molecular weight excluding hydrogens is 232 g/mol. The number of rotatable bonds is 1. The predicted octanol–water partition coefficient (Wildman–Crippen LogP) is 4.27. The molecule has 0 radical (unpaired) electrons. The minimum absolute atomic E-state index is 0.102. The number of halogens is 1. The summed E-state index contributed by atoms with van der Waals surface area (Å²) < 4.78 is 1.88. The average Bonchev–Trinajstić information content (AvgIpc) is 2.57. The maximum Gasteiger partial charge on any atom is 0.131 e. The van der Waals surface area contributed by atoms with Gasteiger partial charge in [0.2, 0.25) is 0 Å². The van der Waals surface area contributed by atoms with Crippen LogP contribution in [0.2, 0.25) is 5.15 Å². The molecule has 1 aromatic heterocycles. The molecule has 0 amide bonds. The summed E-state index contributed by atoms with van der Waals surface area (Å²) in [5, 5.41) is 5.35. The van der Waals surface area contributed by atoms with Crippen molar-refractivity contribution in [2.45, 2.75) is 33.2 Å². The smallest absolute Gasteiger partial charge is 0.131 e. The maximum absolute atomic E-state index is 6.35. The molecular formula is C14H17ClN2. The Balaban J connectivity index is 2.59. The molecule has 1 heterocycles. The molecule has 0 bridgehead atoms. The summed E-state index contributed by atoms with van der Waals surface area (Å²) in [6, 6.07) is 10.1. The van der Waals surface area contributed by atoms with E-state index in [1.165, 1.54) is 0 Å². The lowest BCUT2D eigenvalue weighted by Crippen LogP contribution is -2.23. The Morgan fingerprint density at radius 2 is 1.71 bits per heavy atom. The number of hydrogen-bond donors (Lipinski definition) is 0. The standard InChI is InChI=1S/C14H17ClN2/c1-10-12(11-8-6-5-7-9-11)16-17(13(10)15)14(2,3)4/h5-9H,1-4H3. The quantitative estimate of drug-likeness (QED) is 0.737. The van der Waals surface area contributed by atoms with E-state index in [0.717, 1.165) is 22.0 Å². The van der Waals surface area contributed by atoms with Crippen molar-refractivity contribution in [1.82, 2.24) is 9.78 Å². The summed E-state index contributed by atoms with van der Waals surface area (Å²) in [4.78, 5) is 0. The first-order valence-corrected chi connectivity index (χ1v) is 6.10. The normalized spacial score (nSPS) is 11.8. The molecule has 0 saturated carbocycles. The molecule has 2 rings (SSSR count). The number of aromatic nitrogens is 2. The first-order valence-electron chi connectivity index (χ1n) is 5.72. The van der Waals surface area contributed by atoms with Crippen molar-refractivity contribution >= 4 is 11.6 Å². The Hall–Kier alpha value is -1.28. The van der Waals surface area contributed by atoms with Gasteiger partial charge in [0, 0.05) is 11.1 Å². The van der Waals surface area contributed by atoms with E-state index in [9.17, 15) is 0 Å². The Labute approximate surface area is 107 Å². The summed E-state index contributed by atoms with van der Waals surface area (Å²) in [5.74, 6) is 0. The molecule has 0 fully saturated rings. The van der Waals surface area contributed by atoms with E-state index in [0.29, 0.717) is 0 Å². The molecule has 90 valence electrons. The van der Waals surface area contributed by atoms with Crippen molar-refractivity contribution in [2.75, 3.05) is 0 Å². The Kier molecular flexibility index (Phi) is 3.00. The van der Waals surface area contributed by atoms with Crippen molar-refractivity contribution in [1.29, 1.82) is 0 Å². The molecule has 0 aliphatic carbocycles. The zero-order chi connectivity index (χ0) is 12.6. The van der Waals surface area contributed by atoms with Crippen molar-refractivity contribution in [3.05, 3.63) is 41.0 Å². The second-order valence-corrected chi connectivity index (χ2v) is 5.57. The number of hydrogen-bond acceptors (Lipinski definition) is 1. The van der Waals surface area contributed by atoms with Crippen LogP contribution in [-0.2, 0) is 5.54 Å². The number of nitrogens with zero attached hydrogens (tertiary/aromatic N) is 2. The first-order chi connectivity index (χ1) is 7.91. The van der Waals surface area contributed by atoms with Crippen LogP contribution in [0.1, 0.15) is 26.3 Å². The fourth-order valence-electron chi connectivity index (χ4n) is 1.79. The van der Waals surface area contributed by atoms with E-state index < -0.39 is 0 Å². The van der Waals surface area contributed by atoms with Gasteiger partial charge >= 0.3 is 0 Å².